The average Bonchev–Trinajstić information content (AvgIpc) is 2.36. The van der Waals surface area contributed by atoms with Gasteiger partial charge in [-0.05, 0) is 25.3 Å². The molecule has 3 heteroatoms. The number of nitrogens with two attached hydrogens (primary N) is 1. The van der Waals surface area contributed by atoms with E-state index in [9.17, 15) is 4.79 Å². The molecule has 1 rings (SSSR count). The minimum Gasteiger partial charge on any atom is -0.355 e. The second-order valence-electron chi connectivity index (χ2n) is 5.11. The highest BCUT2D eigenvalue weighted by Crippen LogP contribution is 2.15. The van der Waals surface area contributed by atoms with E-state index in [0.29, 0.717) is 19.0 Å². The summed E-state index contributed by atoms with van der Waals surface area (Å²) in [6.07, 6.45) is 0. The smallest absolute Gasteiger partial charge is 0.226 e. The van der Waals surface area contributed by atoms with E-state index in [-0.39, 0.29) is 5.91 Å². The summed E-state index contributed by atoms with van der Waals surface area (Å²) in [6.45, 7) is 6.82. The van der Waals surface area contributed by atoms with Gasteiger partial charge in [0.2, 0.25) is 5.91 Å². The van der Waals surface area contributed by atoms with Crippen molar-refractivity contribution in [1.29, 1.82) is 0 Å². The molecule has 17 heavy (non-hydrogen) atoms. The monoisotopic (exact) mass is 234 g/mol. The Balaban J connectivity index is 2.49. The van der Waals surface area contributed by atoms with Crippen LogP contribution in [0.25, 0.3) is 0 Å². The predicted octanol–water partition coefficient (Wildman–Crippen LogP) is 1.89. The van der Waals surface area contributed by atoms with Crippen molar-refractivity contribution < 1.29 is 4.79 Å². The Morgan fingerprint density at radius 3 is 2.47 bits per heavy atom. The average molecular weight is 234 g/mol. The maximum atomic E-state index is 11.8. The first kappa shape index (κ1) is 13.7. The predicted molar refractivity (Wildman–Crippen MR) is 70.7 cm³/mol. The summed E-state index contributed by atoms with van der Waals surface area (Å²) in [6, 6.07) is 10.2. The van der Waals surface area contributed by atoms with E-state index in [1.54, 1.807) is 0 Å². The Labute approximate surface area is 103 Å². The number of amides is 1. The lowest BCUT2D eigenvalue weighted by Crippen LogP contribution is -2.42. The van der Waals surface area contributed by atoms with E-state index < -0.39 is 5.41 Å². The van der Waals surface area contributed by atoms with Crippen molar-refractivity contribution in [2.75, 3.05) is 13.1 Å². The summed E-state index contributed by atoms with van der Waals surface area (Å²) in [7, 11) is 0. The van der Waals surface area contributed by atoms with Gasteiger partial charge in [0.15, 0.2) is 0 Å². The summed E-state index contributed by atoms with van der Waals surface area (Å²) in [5.74, 6) is 0.330. The summed E-state index contributed by atoms with van der Waals surface area (Å²) in [5.41, 5.74) is 6.31. The Morgan fingerprint density at radius 2 is 1.94 bits per heavy atom. The number of hydrogen-bond donors (Lipinski definition) is 2. The van der Waals surface area contributed by atoms with Gasteiger partial charge in [0.05, 0.1) is 5.41 Å². The molecular formula is C14H22N2O. The maximum Gasteiger partial charge on any atom is 0.226 e. The number of carbonyl (C=O) groups excluding carboxylic acids is 1. The van der Waals surface area contributed by atoms with Crippen molar-refractivity contribution in [2.24, 2.45) is 11.1 Å². The van der Waals surface area contributed by atoms with Crippen molar-refractivity contribution in [3.63, 3.8) is 0 Å². The highest BCUT2D eigenvalue weighted by atomic mass is 16.2. The molecule has 0 radical (unpaired) electrons. The van der Waals surface area contributed by atoms with Crippen molar-refractivity contribution in [2.45, 2.75) is 26.7 Å². The number of nitrogens with one attached hydrogen (secondary N) is 1. The van der Waals surface area contributed by atoms with Gasteiger partial charge in [-0.1, -0.05) is 37.3 Å². The lowest BCUT2D eigenvalue weighted by Gasteiger charge is -2.22. The molecule has 0 saturated carbocycles. The molecule has 0 aliphatic rings. The van der Waals surface area contributed by atoms with Gasteiger partial charge in [0.25, 0.3) is 0 Å². The van der Waals surface area contributed by atoms with E-state index in [0.717, 1.165) is 0 Å². The van der Waals surface area contributed by atoms with Gasteiger partial charge in [-0.2, -0.15) is 0 Å². The molecule has 3 N–H and O–H groups in total. The fraction of sp³-hybridized carbons (Fsp3) is 0.500. The van der Waals surface area contributed by atoms with E-state index in [1.807, 2.05) is 32.0 Å². The summed E-state index contributed by atoms with van der Waals surface area (Å²) >= 11 is 0. The summed E-state index contributed by atoms with van der Waals surface area (Å²) in [4.78, 5) is 11.8. The lowest BCUT2D eigenvalue weighted by atomic mass is 9.92. The minimum absolute atomic E-state index is 0.0165. The Bertz CT molecular complexity index is 360. The first-order valence-corrected chi connectivity index (χ1v) is 6.00. The van der Waals surface area contributed by atoms with Crippen LogP contribution in [0.5, 0.6) is 0 Å². The number of benzene rings is 1. The van der Waals surface area contributed by atoms with E-state index in [4.69, 9.17) is 5.73 Å². The second kappa shape index (κ2) is 5.82. The van der Waals surface area contributed by atoms with Crippen LogP contribution in [-0.4, -0.2) is 19.0 Å². The van der Waals surface area contributed by atoms with Crippen LogP contribution in [-0.2, 0) is 4.79 Å². The molecule has 1 atom stereocenters. The molecule has 1 aromatic carbocycles. The number of rotatable bonds is 5. The van der Waals surface area contributed by atoms with Crippen molar-refractivity contribution in [1.82, 2.24) is 5.32 Å². The van der Waals surface area contributed by atoms with Crippen LogP contribution in [0.2, 0.25) is 0 Å². The molecule has 0 aromatic heterocycles. The zero-order valence-corrected chi connectivity index (χ0v) is 10.9. The van der Waals surface area contributed by atoms with Crippen molar-refractivity contribution in [3.8, 4) is 0 Å². The van der Waals surface area contributed by atoms with E-state index in [2.05, 4.69) is 24.4 Å². The summed E-state index contributed by atoms with van der Waals surface area (Å²) in [5, 5.41) is 2.95. The normalized spacial score (nSPS) is 13.2. The standard InChI is InChI=1S/C14H22N2O/c1-11(12-7-5-4-6-8-12)9-16-13(17)14(2,3)10-15/h4-8,11H,9-10,15H2,1-3H3,(H,16,17). The SMILES string of the molecule is CC(CNC(=O)C(C)(C)CN)c1ccccc1. The van der Waals surface area contributed by atoms with Crippen LogP contribution in [0.1, 0.15) is 32.3 Å². The van der Waals surface area contributed by atoms with Crippen molar-refractivity contribution >= 4 is 5.91 Å². The number of hydrogen-bond acceptors (Lipinski definition) is 2. The quantitative estimate of drug-likeness (QED) is 0.817. The fourth-order valence-electron chi connectivity index (χ4n) is 1.48. The van der Waals surface area contributed by atoms with Crippen molar-refractivity contribution in [3.05, 3.63) is 35.9 Å². The van der Waals surface area contributed by atoms with Crippen LogP contribution < -0.4 is 11.1 Å². The van der Waals surface area contributed by atoms with Crippen LogP contribution in [0.3, 0.4) is 0 Å². The molecule has 1 amide bonds. The Hall–Kier alpha value is -1.35. The fourth-order valence-corrected chi connectivity index (χ4v) is 1.48. The van der Waals surface area contributed by atoms with E-state index >= 15 is 0 Å². The Kier molecular flexibility index (Phi) is 4.70. The molecular weight excluding hydrogens is 212 g/mol. The van der Waals surface area contributed by atoms with Gasteiger partial charge in [-0.25, -0.2) is 0 Å². The first-order chi connectivity index (χ1) is 7.97. The highest BCUT2D eigenvalue weighted by Gasteiger charge is 2.25. The zero-order valence-electron chi connectivity index (χ0n) is 10.9. The van der Waals surface area contributed by atoms with Gasteiger partial charge in [0.1, 0.15) is 0 Å². The lowest BCUT2D eigenvalue weighted by molar-refractivity contribution is -0.128. The molecule has 1 unspecified atom stereocenters. The zero-order chi connectivity index (χ0) is 12.9. The number of carbonyl (C=O) groups is 1. The second-order valence-corrected chi connectivity index (χ2v) is 5.11. The molecule has 0 spiro atoms. The van der Waals surface area contributed by atoms with Gasteiger partial charge in [0, 0.05) is 13.1 Å². The highest BCUT2D eigenvalue weighted by molar-refractivity contribution is 5.82. The molecule has 0 aliphatic heterocycles. The summed E-state index contributed by atoms with van der Waals surface area (Å²) < 4.78 is 0. The van der Waals surface area contributed by atoms with Crippen LogP contribution in [0, 0.1) is 5.41 Å². The third kappa shape index (κ3) is 3.86. The van der Waals surface area contributed by atoms with Gasteiger partial charge in [-0.15, -0.1) is 0 Å². The molecule has 0 bridgehead atoms. The third-order valence-electron chi connectivity index (χ3n) is 3.06. The van der Waals surface area contributed by atoms with Crippen LogP contribution in [0.4, 0.5) is 0 Å². The topological polar surface area (TPSA) is 55.1 Å². The van der Waals surface area contributed by atoms with Gasteiger partial charge in [-0.3, -0.25) is 4.79 Å². The Morgan fingerprint density at radius 1 is 1.35 bits per heavy atom. The molecule has 3 nitrogen and oxygen atoms in total. The maximum absolute atomic E-state index is 11.8. The van der Waals surface area contributed by atoms with Crippen LogP contribution >= 0.6 is 0 Å². The van der Waals surface area contributed by atoms with Crippen LogP contribution in [0.15, 0.2) is 30.3 Å². The molecule has 0 aliphatic carbocycles. The molecule has 94 valence electrons. The first-order valence-electron chi connectivity index (χ1n) is 6.00. The molecule has 1 aromatic rings. The minimum atomic E-state index is -0.490. The van der Waals surface area contributed by atoms with E-state index in [1.165, 1.54) is 5.56 Å². The third-order valence-corrected chi connectivity index (χ3v) is 3.06. The largest absolute Gasteiger partial charge is 0.355 e. The van der Waals surface area contributed by atoms with Gasteiger partial charge < -0.3 is 11.1 Å². The molecule has 0 saturated heterocycles. The van der Waals surface area contributed by atoms with Gasteiger partial charge >= 0.3 is 0 Å². The molecule has 0 heterocycles. The molecule has 0 fully saturated rings.